The minimum atomic E-state index is 0.896. The topological polar surface area (TPSA) is 0 Å². The highest BCUT2D eigenvalue weighted by atomic mass is 14.5. The molecule has 0 nitrogen and oxygen atoms in total. The van der Waals surface area contributed by atoms with Crippen LogP contribution in [0.25, 0.3) is 0 Å². The molecule has 0 aromatic heterocycles. The Morgan fingerprint density at radius 2 is 1.60 bits per heavy atom. The van der Waals surface area contributed by atoms with Gasteiger partial charge < -0.3 is 0 Å². The van der Waals surface area contributed by atoms with E-state index in [4.69, 9.17) is 0 Å². The Bertz CT molecular complexity index is 184. The van der Waals surface area contributed by atoms with Crippen molar-refractivity contribution in [1.82, 2.24) is 0 Å². The third kappa shape index (κ3) is 3.23. The molecule has 1 saturated carbocycles. The lowest BCUT2D eigenvalue weighted by atomic mass is 9.75. The molecular formula is C15H30. The number of rotatable bonds is 6. The average Bonchev–Trinajstić information content (AvgIpc) is 2.92. The molecule has 0 radical (unpaired) electrons. The minimum absolute atomic E-state index is 0.896. The molecule has 0 heteroatoms. The second-order valence-corrected chi connectivity index (χ2v) is 6.22. The van der Waals surface area contributed by atoms with Gasteiger partial charge in [-0.05, 0) is 41.9 Å². The molecule has 6 atom stereocenters. The van der Waals surface area contributed by atoms with E-state index in [1.165, 1.54) is 19.3 Å². The highest BCUT2D eigenvalue weighted by Crippen LogP contribution is 2.48. The molecular weight excluding hydrogens is 180 g/mol. The van der Waals surface area contributed by atoms with Crippen LogP contribution in [0.1, 0.15) is 60.8 Å². The van der Waals surface area contributed by atoms with Crippen LogP contribution in [0.3, 0.4) is 0 Å². The van der Waals surface area contributed by atoms with E-state index in [0.29, 0.717) is 0 Å². The van der Waals surface area contributed by atoms with Gasteiger partial charge in [-0.25, -0.2) is 0 Å². The quantitative estimate of drug-likeness (QED) is 0.579. The molecule has 1 aliphatic rings. The molecule has 1 aliphatic carbocycles. The predicted octanol–water partition coefficient (Wildman–Crippen LogP) is 4.99. The van der Waals surface area contributed by atoms with Crippen molar-refractivity contribution in [1.29, 1.82) is 0 Å². The molecule has 6 unspecified atom stereocenters. The molecule has 0 aliphatic heterocycles. The van der Waals surface area contributed by atoms with Crippen LogP contribution in [0.15, 0.2) is 0 Å². The van der Waals surface area contributed by atoms with Crippen LogP contribution in [-0.2, 0) is 0 Å². The smallest absolute Gasteiger partial charge is 0.0357 e. The Hall–Kier alpha value is 0. The van der Waals surface area contributed by atoms with Crippen molar-refractivity contribution in [3.63, 3.8) is 0 Å². The van der Waals surface area contributed by atoms with Crippen molar-refractivity contribution in [3.05, 3.63) is 0 Å². The van der Waals surface area contributed by atoms with Gasteiger partial charge in [-0.3, -0.25) is 0 Å². The van der Waals surface area contributed by atoms with Crippen LogP contribution in [0.5, 0.6) is 0 Å². The summed E-state index contributed by atoms with van der Waals surface area (Å²) in [5.41, 5.74) is 0. The lowest BCUT2D eigenvalue weighted by Gasteiger charge is -2.31. The number of hydrogen-bond donors (Lipinski definition) is 0. The van der Waals surface area contributed by atoms with Gasteiger partial charge in [0.1, 0.15) is 0 Å². The normalized spacial score (nSPS) is 33.2. The van der Waals surface area contributed by atoms with Gasteiger partial charge in [0, 0.05) is 0 Å². The molecule has 0 heterocycles. The Morgan fingerprint density at radius 3 is 2.00 bits per heavy atom. The third-order valence-electron chi connectivity index (χ3n) is 5.15. The SMILES string of the molecule is CCCC(C)C(C)C(C)C(C)C1CC1C. The third-order valence-corrected chi connectivity index (χ3v) is 5.15. The van der Waals surface area contributed by atoms with E-state index in [1.54, 1.807) is 0 Å². The van der Waals surface area contributed by atoms with Gasteiger partial charge >= 0.3 is 0 Å². The van der Waals surface area contributed by atoms with Crippen molar-refractivity contribution in [3.8, 4) is 0 Å². The standard InChI is InChI=1S/C15H30/c1-7-8-10(2)12(4)13(5)14(6)15-9-11(15)3/h10-15H,7-9H2,1-6H3. The van der Waals surface area contributed by atoms with Crippen LogP contribution < -0.4 is 0 Å². The predicted molar refractivity (Wildman–Crippen MR) is 68.8 cm³/mol. The van der Waals surface area contributed by atoms with Gasteiger partial charge in [-0.2, -0.15) is 0 Å². The average molecular weight is 210 g/mol. The van der Waals surface area contributed by atoms with Gasteiger partial charge in [0.15, 0.2) is 0 Å². The molecule has 0 N–H and O–H groups in total. The maximum Gasteiger partial charge on any atom is -0.0357 e. The zero-order chi connectivity index (χ0) is 11.6. The Kier molecular flexibility index (Phi) is 4.67. The number of hydrogen-bond acceptors (Lipinski definition) is 0. The zero-order valence-corrected chi connectivity index (χ0v) is 11.6. The second-order valence-electron chi connectivity index (χ2n) is 6.22. The van der Waals surface area contributed by atoms with Gasteiger partial charge in [0.25, 0.3) is 0 Å². The van der Waals surface area contributed by atoms with Crippen molar-refractivity contribution >= 4 is 0 Å². The van der Waals surface area contributed by atoms with Crippen LogP contribution in [0.2, 0.25) is 0 Å². The van der Waals surface area contributed by atoms with Gasteiger partial charge in [-0.1, -0.05) is 54.4 Å². The first-order valence-electron chi connectivity index (χ1n) is 6.99. The van der Waals surface area contributed by atoms with Crippen LogP contribution in [0.4, 0.5) is 0 Å². The van der Waals surface area contributed by atoms with Gasteiger partial charge in [-0.15, -0.1) is 0 Å². The molecule has 0 amide bonds. The summed E-state index contributed by atoms with van der Waals surface area (Å²) in [5.74, 6) is 5.69. The largest absolute Gasteiger partial charge is 0.0654 e. The van der Waals surface area contributed by atoms with Crippen LogP contribution >= 0.6 is 0 Å². The van der Waals surface area contributed by atoms with E-state index in [1.807, 2.05) is 0 Å². The first-order valence-corrected chi connectivity index (χ1v) is 6.99. The first kappa shape index (κ1) is 13.1. The summed E-state index contributed by atoms with van der Waals surface area (Å²) >= 11 is 0. The highest BCUT2D eigenvalue weighted by Gasteiger charge is 2.40. The summed E-state index contributed by atoms with van der Waals surface area (Å²) in [5, 5.41) is 0. The minimum Gasteiger partial charge on any atom is -0.0654 e. The van der Waals surface area contributed by atoms with Crippen molar-refractivity contribution in [2.75, 3.05) is 0 Å². The summed E-state index contributed by atoms with van der Waals surface area (Å²) in [6, 6.07) is 0. The fourth-order valence-electron chi connectivity index (χ4n) is 3.19. The molecule has 15 heavy (non-hydrogen) atoms. The molecule has 0 aromatic rings. The highest BCUT2D eigenvalue weighted by molar-refractivity contribution is 4.89. The van der Waals surface area contributed by atoms with E-state index >= 15 is 0 Å². The zero-order valence-electron chi connectivity index (χ0n) is 11.6. The summed E-state index contributed by atoms with van der Waals surface area (Å²) in [4.78, 5) is 0. The molecule has 90 valence electrons. The van der Waals surface area contributed by atoms with Crippen molar-refractivity contribution in [2.24, 2.45) is 35.5 Å². The summed E-state index contributed by atoms with van der Waals surface area (Å²) < 4.78 is 0. The van der Waals surface area contributed by atoms with Gasteiger partial charge in [0.05, 0.1) is 0 Å². The fraction of sp³-hybridized carbons (Fsp3) is 1.00. The second kappa shape index (κ2) is 5.37. The lowest BCUT2D eigenvalue weighted by molar-refractivity contribution is 0.185. The summed E-state index contributed by atoms with van der Waals surface area (Å²) in [6.45, 7) is 14.6. The van der Waals surface area contributed by atoms with E-state index in [-0.39, 0.29) is 0 Å². The Labute approximate surface area is 96.8 Å². The summed E-state index contributed by atoms with van der Waals surface area (Å²) in [6.07, 6.45) is 4.23. The van der Waals surface area contributed by atoms with Crippen molar-refractivity contribution < 1.29 is 0 Å². The van der Waals surface area contributed by atoms with E-state index in [2.05, 4.69) is 41.5 Å². The molecule has 0 bridgehead atoms. The van der Waals surface area contributed by atoms with E-state index in [0.717, 1.165) is 35.5 Å². The maximum atomic E-state index is 2.48. The van der Waals surface area contributed by atoms with Crippen LogP contribution in [-0.4, -0.2) is 0 Å². The van der Waals surface area contributed by atoms with Gasteiger partial charge in [0.2, 0.25) is 0 Å². The fourth-order valence-corrected chi connectivity index (χ4v) is 3.19. The summed E-state index contributed by atoms with van der Waals surface area (Å²) in [7, 11) is 0. The molecule has 1 rings (SSSR count). The Morgan fingerprint density at radius 1 is 1.07 bits per heavy atom. The Balaban J connectivity index is 2.40. The van der Waals surface area contributed by atoms with Crippen LogP contribution in [0, 0.1) is 35.5 Å². The van der Waals surface area contributed by atoms with E-state index in [9.17, 15) is 0 Å². The molecule has 0 aromatic carbocycles. The maximum absolute atomic E-state index is 2.48. The monoisotopic (exact) mass is 210 g/mol. The van der Waals surface area contributed by atoms with E-state index < -0.39 is 0 Å². The van der Waals surface area contributed by atoms with Crippen molar-refractivity contribution in [2.45, 2.75) is 60.8 Å². The first-order chi connectivity index (χ1) is 6.99. The molecule has 0 spiro atoms. The lowest BCUT2D eigenvalue weighted by Crippen LogP contribution is -2.23. The molecule has 1 fully saturated rings. The molecule has 0 saturated heterocycles.